The largest absolute Gasteiger partial charge is 0.443 e. The van der Waals surface area contributed by atoms with Crippen LogP contribution in [0.2, 0.25) is 5.02 Å². The van der Waals surface area contributed by atoms with E-state index in [9.17, 15) is 9.59 Å². The molecular weight excluding hydrogens is 552 g/mol. The molecule has 6 nitrogen and oxygen atoms in total. The zero-order valence-corrected chi connectivity index (χ0v) is 25.0. The molecule has 1 heterocycles. The molecule has 0 aliphatic carbocycles. The molecular formula is C26H36BrClN2O4S. The molecule has 0 radical (unpaired) electrons. The second kappa shape index (κ2) is 12.1. The van der Waals surface area contributed by atoms with Gasteiger partial charge in [0.25, 0.3) is 0 Å². The van der Waals surface area contributed by atoms with Crippen LogP contribution < -0.4 is 0 Å². The van der Waals surface area contributed by atoms with Crippen LogP contribution in [-0.2, 0) is 22.3 Å². The van der Waals surface area contributed by atoms with Crippen LogP contribution in [0.1, 0.15) is 72.3 Å². The van der Waals surface area contributed by atoms with E-state index in [1.807, 2.05) is 18.2 Å². The first-order chi connectivity index (χ1) is 16.1. The van der Waals surface area contributed by atoms with Crippen molar-refractivity contribution in [3.63, 3.8) is 0 Å². The van der Waals surface area contributed by atoms with E-state index in [0.717, 1.165) is 32.1 Å². The Kier molecular flexibility index (Phi) is 10.2. The smallest absolute Gasteiger partial charge is 0.419 e. The minimum atomic E-state index is -0.727. The fourth-order valence-corrected chi connectivity index (χ4v) is 5.33. The molecule has 0 spiro atoms. The number of ether oxygens (including phenoxy) is 2. The fraction of sp³-hybridized carbons (Fsp3) is 0.577. The summed E-state index contributed by atoms with van der Waals surface area (Å²) in [6, 6.07) is 5.93. The zero-order valence-electron chi connectivity index (χ0n) is 21.8. The lowest BCUT2D eigenvalue weighted by Crippen LogP contribution is -2.44. The normalized spacial score (nSPS) is 12.1. The van der Waals surface area contributed by atoms with Crippen LogP contribution in [-0.4, -0.2) is 39.8 Å². The van der Waals surface area contributed by atoms with Gasteiger partial charge in [-0.15, -0.1) is 11.3 Å². The summed E-state index contributed by atoms with van der Waals surface area (Å²) >= 11 is 11.8. The quantitative estimate of drug-likeness (QED) is 0.325. The Morgan fingerprint density at radius 3 is 2.14 bits per heavy atom. The molecule has 1 aromatic heterocycles. The number of hydrogen-bond donors (Lipinski definition) is 0. The van der Waals surface area contributed by atoms with Crippen molar-refractivity contribution in [1.29, 1.82) is 0 Å². The second-order valence-electron chi connectivity index (χ2n) is 10.9. The molecule has 1 aromatic carbocycles. The molecule has 0 aliphatic heterocycles. The average Bonchev–Trinajstić information content (AvgIpc) is 3.02. The number of halogens is 2. The van der Waals surface area contributed by atoms with Gasteiger partial charge in [-0.2, -0.15) is 0 Å². The minimum Gasteiger partial charge on any atom is -0.443 e. The third-order valence-electron chi connectivity index (χ3n) is 4.65. The predicted molar refractivity (Wildman–Crippen MR) is 146 cm³/mol. The van der Waals surface area contributed by atoms with Gasteiger partial charge in [0.05, 0.1) is 5.69 Å². The van der Waals surface area contributed by atoms with Crippen LogP contribution in [0.4, 0.5) is 9.59 Å². The maximum atomic E-state index is 12.7. The number of aromatic nitrogens is 1. The highest BCUT2D eigenvalue weighted by Gasteiger charge is 2.30. The summed E-state index contributed by atoms with van der Waals surface area (Å²) in [7, 11) is 0. The fourth-order valence-electron chi connectivity index (χ4n) is 3.27. The number of aryl methyl sites for hydroxylation is 1. The van der Waals surface area contributed by atoms with E-state index in [4.69, 9.17) is 21.1 Å². The third-order valence-corrected chi connectivity index (χ3v) is 6.53. The number of carbonyl (C=O) groups is 2. The molecule has 0 atom stereocenters. The van der Waals surface area contributed by atoms with Crippen molar-refractivity contribution in [2.24, 2.45) is 5.92 Å². The van der Waals surface area contributed by atoms with Gasteiger partial charge in [0.1, 0.15) is 11.2 Å². The molecule has 0 bridgehead atoms. The van der Waals surface area contributed by atoms with Crippen molar-refractivity contribution in [2.45, 2.75) is 85.9 Å². The van der Waals surface area contributed by atoms with Crippen LogP contribution >= 0.6 is 38.9 Å². The summed E-state index contributed by atoms with van der Waals surface area (Å²) in [4.78, 5) is 32.2. The van der Waals surface area contributed by atoms with Crippen LogP contribution in [0, 0.1) is 5.92 Å². The van der Waals surface area contributed by atoms with E-state index in [2.05, 4.69) is 34.8 Å². The summed E-state index contributed by atoms with van der Waals surface area (Å²) in [6.45, 7) is 15.1. The van der Waals surface area contributed by atoms with E-state index in [0.29, 0.717) is 23.8 Å². The number of benzene rings is 1. The molecule has 2 rings (SSSR count). The summed E-state index contributed by atoms with van der Waals surface area (Å²) in [5.74, 6) is 0.522. The van der Waals surface area contributed by atoms with Gasteiger partial charge in [-0.05, 0) is 94.3 Å². The Labute approximate surface area is 226 Å². The number of rotatable bonds is 7. The number of carbonyl (C=O) groups excluding carboxylic acids is 2. The molecule has 0 unspecified atom stereocenters. The molecule has 0 N–H and O–H groups in total. The zero-order chi connectivity index (χ0) is 26.6. The number of amides is 2. The Bertz CT molecular complexity index is 1010. The number of hydrogen-bond acceptors (Lipinski definition) is 6. The molecule has 194 valence electrons. The Hall–Kier alpha value is -1.64. The summed E-state index contributed by atoms with van der Waals surface area (Å²) in [5, 5.41) is 0.628. The Morgan fingerprint density at radius 2 is 1.66 bits per heavy atom. The topological polar surface area (TPSA) is 68.7 Å². The van der Waals surface area contributed by atoms with Crippen LogP contribution in [0.3, 0.4) is 0 Å². The van der Waals surface area contributed by atoms with Crippen molar-refractivity contribution in [1.82, 2.24) is 9.88 Å². The maximum Gasteiger partial charge on any atom is 0.419 e. The third kappa shape index (κ3) is 9.73. The van der Waals surface area contributed by atoms with E-state index in [-0.39, 0.29) is 6.54 Å². The van der Waals surface area contributed by atoms with E-state index in [1.54, 1.807) is 52.9 Å². The highest BCUT2D eigenvalue weighted by Crippen LogP contribution is 2.35. The molecule has 2 amide bonds. The van der Waals surface area contributed by atoms with Crippen LogP contribution in [0.5, 0.6) is 0 Å². The molecule has 2 aromatic rings. The molecule has 0 fully saturated rings. The summed E-state index contributed by atoms with van der Waals surface area (Å²) in [5.41, 5.74) is 1.40. The Balaban J connectivity index is 2.14. The first-order valence-electron chi connectivity index (χ1n) is 11.7. The lowest BCUT2D eigenvalue weighted by atomic mass is 10.0. The van der Waals surface area contributed by atoms with E-state index >= 15 is 0 Å². The summed E-state index contributed by atoms with van der Waals surface area (Å²) in [6.07, 6.45) is 0.600. The van der Waals surface area contributed by atoms with E-state index in [1.165, 1.54) is 4.88 Å². The van der Waals surface area contributed by atoms with Gasteiger partial charge in [-0.25, -0.2) is 19.5 Å². The molecule has 0 saturated carbocycles. The van der Waals surface area contributed by atoms with Crippen LogP contribution in [0.15, 0.2) is 22.1 Å². The van der Waals surface area contributed by atoms with Crippen molar-refractivity contribution in [3.05, 3.63) is 37.6 Å². The second-order valence-corrected chi connectivity index (χ2v) is 13.6. The number of thiazole rings is 1. The average molecular weight is 588 g/mol. The van der Waals surface area contributed by atoms with Gasteiger partial charge in [0, 0.05) is 22.0 Å². The SMILES string of the molecule is CC(C)Cc1sc(Br)nc1-c1ccc(CCCN(C(=O)OC(C)(C)C)C(=O)OC(C)(C)C)c(Cl)c1. The van der Waals surface area contributed by atoms with Crippen molar-refractivity contribution in [3.8, 4) is 11.3 Å². The van der Waals surface area contributed by atoms with Gasteiger partial charge < -0.3 is 9.47 Å². The number of nitrogens with zero attached hydrogens (tertiary/aromatic N) is 2. The van der Waals surface area contributed by atoms with Crippen molar-refractivity contribution < 1.29 is 19.1 Å². The molecule has 0 aliphatic rings. The predicted octanol–water partition coefficient (Wildman–Crippen LogP) is 8.53. The Morgan fingerprint density at radius 1 is 1.09 bits per heavy atom. The van der Waals surface area contributed by atoms with Gasteiger partial charge in [0.2, 0.25) is 0 Å². The standard InChI is InChI=1S/C26H36BrClN2O4S/c1-16(2)14-20-21(29-22(27)35-20)18-12-11-17(19(28)15-18)10-9-13-30(23(31)33-25(3,4)5)24(32)34-26(6,7)8/h11-12,15-16H,9-10,13-14H2,1-8H3. The lowest BCUT2D eigenvalue weighted by Gasteiger charge is -2.28. The van der Waals surface area contributed by atoms with Gasteiger partial charge >= 0.3 is 12.2 Å². The molecule has 35 heavy (non-hydrogen) atoms. The highest BCUT2D eigenvalue weighted by atomic mass is 79.9. The lowest BCUT2D eigenvalue weighted by molar-refractivity contribution is 0.00130. The van der Waals surface area contributed by atoms with Gasteiger partial charge in [-0.3, -0.25) is 0 Å². The van der Waals surface area contributed by atoms with Crippen LogP contribution in [0.25, 0.3) is 11.3 Å². The molecule has 0 saturated heterocycles. The van der Waals surface area contributed by atoms with Gasteiger partial charge in [0.15, 0.2) is 3.92 Å². The number of imide groups is 1. The first kappa shape index (κ1) is 29.6. The summed E-state index contributed by atoms with van der Waals surface area (Å²) < 4.78 is 11.7. The highest BCUT2D eigenvalue weighted by molar-refractivity contribution is 9.11. The van der Waals surface area contributed by atoms with Crippen molar-refractivity contribution >= 4 is 51.1 Å². The van der Waals surface area contributed by atoms with E-state index < -0.39 is 23.4 Å². The minimum absolute atomic E-state index is 0.152. The van der Waals surface area contributed by atoms with Gasteiger partial charge in [-0.1, -0.05) is 37.6 Å². The monoisotopic (exact) mass is 586 g/mol. The van der Waals surface area contributed by atoms with Crippen molar-refractivity contribution in [2.75, 3.05) is 6.54 Å². The first-order valence-corrected chi connectivity index (χ1v) is 13.7. The molecule has 9 heteroatoms. The maximum absolute atomic E-state index is 12.7.